The van der Waals surface area contributed by atoms with Gasteiger partial charge in [0.1, 0.15) is 6.54 Å². The van der Waals surface area contributed by atoms with Gasteiger partial charge >= 0.3 is 0 Å². The van der Waals surface area contributed by atoms with E-state index in [0.717, 1.165) is 37.9 Å². The van der Waals surface area contributed by atoms with Gasteiger partial charge in [0.05, 0.1) is 10.6 Å². The minimum Gasteiger partial charge on any atom is -0.341 e. The van der Waals surface area contributed by atoms with Crippen molar-refractivity contribution in [1.29, 1.82) is 0 Å². The minimum absolute atomic E-state index is 0.0317. The maximum atomic E-state index is 13.2. The Bertz CT molecular complexity index is 1150. The number of carbonyl (C=O) groups excluding carboxylic acids is 1. The molecular weight excluding hydrogens is 408 g/mol. The molecule has 1 saturated heterocycles. The Kier molecular flexibility index (Phi) is 5.65. The molecule has 3 aromatic rings. The lowest BCUT2D eigenvalue weighted by molar-refractivity contribution is -0.132. The minimum atomic E-state index is -3.60. The molecule has 0 aliphatic carbocycles. The Labute approximate surface area is 175 Å². The quantitative estimate of drug-likeness (QED) is 0.607. The van der Waals surface area contributed by atoms with Crippen molar-refractivity contribution >= 4 is 38.2 Å². The van der Waals surface area contributed by atoms with Crippen LogP contribution in [0.5, 0.6) is 0 Å². The van der Waals surface area contributed by atoms with Crippen molar-refractivity contribution < 1.29 is 13.2 Å². The van der Waals surface area contributed by atoms with Gasteiger partial charge in [0.25, 0.3) is 0 Å². The molecule has 0 N–H and O–H groups in total. The number of benzene rings is 2. The third-order valence-electron chi connectivity index (χ3n) is 5.35. The zero-order valence-electron chi connectivity index (χ0n) is 16.1. The first-order valence-corrected chi connectivity index (χ1v) is 11.8. The Hall–Kier alpha value is -2.31. The number of likely N-dealkylation sites (tertiary alicyclic amines) is 1. The third kappa shape index (κ3) is 4.33. The van der Waals surface area contributed by atoms with Gasteiger partial charge in [-0.25, -0.2) is 8.42 Å². The lowest BCUT2D eigenvalue weighted by Crippen LogP contribution is -2.37. The number of piperidine rings is 1. The average Bonchev–Trinajstić information content (AvgIpc) is 3.08. The monoisotopic (exact) mass is 430 g/mol. The average molecular weight is 431 g/mol. The molecule has 0 atom stereocenters. The number of para-hydroxylation sites is 1. The van der Waals surface area contributed by atoms with Crippen molar-refractivity contribution in [3.05, 3.63) is 65.3 Å². The van der Waals surface area contributed by atoms with Crippen LogP contribution in [0.15, 0.2) is 59.6 Å². The molecule has 5 nitrogen and oxygen atoms in total. The van der Waals surface area contributed by atoms with E-state index in [1.807, 2.05) is 23.1 Å². The second-order valence-electron chi connectivity index (χ2n) is 7.47. The smallest absolute Gasteiger partial charge is 0.242 e. The highest BCUT2D eigenvalue weighted by atomic mass is 35.5. The SMILES string of the molecule is O=C(Cn1cc(S(=O)(=O)Cc2cccc(Cl)c2)c2ccccc21)N1CCCCC1. The first-order chi connectivity index (χ1) is 13.9. The number of fused-ring (bicyclic) bond motifs is 1. The van der Waals surface area contributed by atoms with Crippen LogP contribution in [0.25, 0.3) is 10.9 Å². The molecule has 1 amide bonds. The van der Waals surface area contributed by atoms with E-state index in [9.17, 15) is 13.2 Å². The van der Waals surface area contributed by atoms with Gasteiger partial charge in [-0.3, -0.25) is 4.79 Å². The van der Waals surface area contributed by atoms with E-state index in [-0.39, 0.29) is 23.1 Å². The molecule has 0 spiro atoms. The van der Waals surface area contributed by atoms with Crippen molar-refractivity contribution in [2.24, 2.45) is 0 Å². The van der Waals surface area contributed by atoms with Crippen LogP contribution in [-0.4, -0.2) is 36.9 Å². The third-order valence-corrected chi connectivity index (χ3v) is 7.29. The van der Waals surface area contributed by atoms with Crippen LogP contribution in [0, 0.1) is 0 Å². The lowest BCUT2D eigenvalue weighted by Gasteiger charge is -2.27. The second-order valence-corrected chi connectivity index (χ2v) is 9.86. The molecule has 1 fully saturated rings. The summed E-state index contributed by atoms with van der Waals surface area (Å²) in [7, 11) is -3.60. The van der Waals surface area contributed by atoms with Crippen LogP contribution < -0.4 is 0 Å². The largest absolute Gasteiger partial charge is 0.341 e. The van der Waals surface area contributed by atoms with E-state index < -0.39 is 9.84 Å². The van der Waals surface area contributed by atoms with Gasteiger partial charge in [0.15, 0.2) is 9.84 Å². The maximum Gasteiger partial charge on any atom is 0.242 e. The highest BCUT2D eigenvalue weighted by molar-refractivity contribution is 7.90. The lowest BCUT2D eigenvalue weighted by atomic mass is 10.1. The molecule has 0 saturated carbocycles. The Morgan fingerprint density at radius 3 is 2.52 bits per heavy atom. The van der Waals surface area contributed by atoms with E-state index in [1.165, 1.54) is 0 Å². The van der Waals surface area contributed by atoms with Gasteiger partial charge < -0.3 is 9.47 Å². The zero-order chi connectivity index (χ0) is 20.4. The fourth-order valence-corrected chi connectivity index (χ4v) is 5.69. The molecule has 1 aliphatic rings. The van der Waals surface area contributed by atoms with Crippen LogP contribution >= 0.6 is 11.6 Å². The molecule has 152 valence electrons. The molecule has 0 bridgehead atoms. The van der Waals surface area contributed by atoms with Gasteiger partial charge in [-0.05, 0) is 43.0 Å². The molecule has 0 radical (unpaired) electrons. The van der Waals surface area contributed by atoms with E-state index in [0.29, 0.717) is 16.0 Å². The summed E-state index contributed by atoms with van der Waals surface area (Å²) in [6.07, 6.45) is 4.81. The number of amides is 1. The van der Waals surface area contributed by atoms with Crippen molar-refractivity contribution in [2.45, 2.75) is 36.5 Å². The van der Waals surface area contributed by atoms with E-state index in [1.54, 1.807) is 41.1 Å². The Morgan fingerprint density at radius 1 is 1.00 bits per heavy atom. The summed E-state index contributed by atoms with van der Waals surface area (Å²) < 4.78 is 28.1. The molecule has 7 heteroatoms. The van der Waals surface area contributed by atoms with Gasteiger partial charge in [0.2, 0.25) is 5.91 Å². The number of nitrogens with zero attached hydrogens (tertiary/aromatic N) is 2. The Morgan fingerprint density at radius 2 is 1.76 bits per heavy atom. The molecule has 2 aromatic carbocycles. The number of hydrogen-bond donors (Lipinski definition) is 0. The van der Waals surface area contributed by atoms with E-state index in [4.69, 9.17) is 11.6 Å². The van der Waals surface area contributed by atoms with Crippen molar-refractivity contribution in [2.75, 3.05) is 13.1 Å². The summed E-state index contributed by atoms with van der Waals surface area (Å²) in [5.41, 5.74) is 1.39. The first kappa shape index (κ1) is 20.0. The van der Waals surface area contributed by atoms with Gasteiger partial charge in [0, 0.05) is 35.2 Å². The number of aromatic nitrogens is 1. The van der Waals surface area contributed by atoms with Gasteiger partial charge in [-0.2, -0.15) is 0 Å². The number of hydrogen-bond acceptors (Lipinski definition) is 3. The van der Waals surface area contributed by atoms with E-state index in [2.05, 4.69) is 0 Å². The van der Waals surface area contributed by atoms with Crippen LogP contribution in [0.4, 0.5) is 0 Å². The molecular formula is C22H23ClN2O3S. The predicted molar refractivity (Wildman–Crippen MR) is 115 cm³/mol. The number of rotatable bonds is 5. The predicted octanol–water partition coefficient (Wildman–Crippen LogP) is 4.28. The molecule has 2 heterocycles. The summed E-state index contributed by atoms with van der Waals surface area (Å²) in [6.45, 7) is 1.70. The van der Waals surface area contributed by atoms with Crippen molar-refractivity contribution in [1.82, 2.24) is 9.47 Å². The second kappa shape index (κ2) is 8.20. The summed E-state index contributed by atoms with van der Waals surface area (Å²) >= 11 is 6.01. The maximum absolute atomic E-state index is 13.2. The number of halogens is 1. The highest BCUT2D eigenvalue weighted by Crippen LogP contribution is 2.28. The normalized spacial score (nSPS) is 15.0. The summed E-state index contributed by atoms with van der Waals surface area (Å²) in [5.74, 6) is -0.106. The van der Waals surface area contributed by atoms with Crippen LogP contribution in [-0.2, 0) is 26.9 Å². The fourth-order valence-electron chi connectivity index (χ4n) is 3.90. The summed E-state index contributed by atoms with van der Waals surface area (Å²) in [5, 5.41) is 1.15. The van der Waals surface area contributed by atoms with Crippen LogP contribution in [0.2, 0.25) is 5.02 Å². The highest BCUT2D eigenvalue weighted by Gasteiger charge is 2.24. The molecule has 1 aliphatic heterocycles. The van der Waals surface area contributed by atoms with Gasteiger partial charge in [-0.1, -0.05) is 41.9 Å². The van der Waals surface area contributed by atoms with Gasteiger partial charge in [-0.15, -0.1) is 0 Å². The first-order valence-electron chi connectivity index (χ1n) is 9.77. The molecule has 0 unspecified atom stereocenters. The Balaban J connectivity index is 1.67. The standard InChI is InChI=1S/C22H23ClN2O3S/c23-18-8-6-7-17(13-18)16-29(27,28)21-14-25(20-10-3-2-9-19(20)21)15-22(26)24-11-4-1-5-12-24/h2-3,6-10,13-14H,1,4-5,11-12,15-16H2. The summed E-state index contributed by atoms with van der Waals surface area (Å²) in [6, 6.07) is 14.2. The number of carbonyl (C=O) groups is 1. The molecule has 29 heavy (non-hydrogen) atoms. The van der Waals surface area contributed by atoms with Crippen LogP contribution in [0.1, 0.15) is 24.8 Å². The molecule has 4 rings (SSSR count). The van der Waals surface area contributed by atoms with Crippen LogP contribution in [0.3, 0.4) is 0 Å². The summed E-state index contributed by atoms with van der Waals surface area (Å²) in [4.78, 5) is 14.9. The number of sulfone groups is 1. The topological polar surface area (TPSA) is 59.4 Å². The van der Waals surface area contributed by atoms with E-state index >= 15 is 0 Å². The van der Waals surface area contributed by atoms with Crippen molar-refractivity contribution in [3.8, 4) is 0 Å². The zero-order valence-corrected chi connectivity index (χ0v) is 17.6. The van der Waals surface area contributed by atoms with Crippen molar-refractivity contribution in [3.63, 3.8) is 0 Å². The fraction of sp³-hybridized carbons (Fsp3) is 0.318. The molecule has 1 aromatic heterocycles.